The maximum atomic E-state index is 9.71. The number of aryl methyl sites for hydroxylation is 1. The lowest BCUT2D eigenvalue weighted by atomic mass is 9.68. The first-order chi connectivity index (χ1) is 8.84. The number of hydrogen-bond acceptors (Lipinski definition) is 2. The van der Waals surface area contributed by atoms with Crippen molar-refractivity contribution in [2.24, 2.45) is 0 Å². The second-order valence-electron chi connectivity index (χ2n) is 5.01. The largest absolute Gasteiger partial charge is 0.472 e. The van der Waals surface area contributed by atoms with E-state index in [0.717, 1.165) is 31.2 Å². The van der Waals surface area contributed by atoms with Crippen molar-refractivity contribution < 1.29 is 4.42 Å². The van der Waals surface area contributed by atoms with Gasteiger partial charge in [-0.1, -0.05) is 24.3 Å². The van der Waals surface area contributed by atoms with Crippen LogP contribution in [0.3, 0.4) is 0 Å². The van der Waals surface area contributed by atoms with Gasteiger partial charge in [-0.3, -0.25) is 0 Å². The molecule has 3 rings (SSSR count). The van der Waals surface area contributed by atoms with E-state index in [1.807, 2.05) is 12.1 Å². The Morgan fingerprint density at radius 1 is 1.28 bits per heavy atom. The van der Waals surface area contributed by atoms with Crippen molar-refractivity contribution in [2.75, 3.05) is 0 Å². The normalized spacial score (nSPS) is 22.2. The van der Waals surface area contributed by atoms with Gasteiger partial charge in [-0.2, -0.15) is 5.26 Å². The molecule has 2 heteroatoms. The Morgan fingerprint density at radius 2 is 2.17 bits per heavy atom. The molecule has 2 aromatic rings. The van der Waals surface area contributed by atoms with Gasteiger partial charge < -0.3 is 4.42 Å². The third-order valence-corrected chi connectivity index (χ3v) is 3.88. The zero-order valence-corrected chi connectivity index (χ0v) is 10.2. The van der Waals surface area contributed by atoms with Gasteiger partial charge in [0.2, 0.25) is 0 Å². The Labute approximate surface area is 107 Å². The summed E-state index contributed by atoms with van der Waals surface area (Å²) in [6.07, 6.45) is 7.28. The zero-order chi connectivity index (χ0) is 12.4. The first-order valence-corrected chi connectivity index (χ1v) is 6.35. The van der Waals surface area contributed by atoms with Crippen LogP contribution in [-0.2, 0) is 18.3 Å². The van der Waals surface area contributed by atoms with Gasteiger partial charge in [-0.25, -0.2) is 0 Å². The summed E-state index contributed by atoms with van der Waals surface area (Å²) in [6.45, 7) is 0. The van der Waals surface area contributed by atoms with E-state index in [-0.39, 0.29) is 5.41 Å². The molecular weight excluding hydrogens is 222 g/mol. The van der Waals surface area contributed by atoms with Gasteiger partial charge in [0.05, 0.1) is 24.0 Å². The lowest BCUT2D eigenvalue weighted by molar-refractivity contribution is 0.447. The van der Waals surface area contributed by atoms with Gasteiger partial charge in [0.15, 0.2) is 0 Å². The molecule has 90 valence electrons. The van der Waals surface area contributed by atoms with E-state index >= 15 is 0 Å². The number of nitrogens with zero attached hydrogens (tertiary/aromatic N) is 1. The summed E-state index contributed by atoms with van der Waals surface area (Å²) in [5.41, 5.74) is 3.26. The molecule has 0 spiro atoms. The van der Waals surface area contributed by atoms with Gasteiger partial charge in [-0.05, 0) is 48.4 Å². The quantitative estimate of drug-likeness (QED) is 0.799. The molecule has 1 aromatic heterocycles. The third kappa shape index (κ3) is 1.73. The van der Waals surface area contributed by atoms with Crippen LogP contribution in [0.5, 0.6) is 0 Å². The monoisotopic (exact) mass is 237 g/mol. The predicted molar refractivity (Wildman–Crippen MR) is 69.1 cm³/mol. The van der Waals surface area contributed by atoms with Crippen LogP contribution in [0, 0.1) is 11.3 Å². The topological polar surface area (TPSA) is 36.9 Å². The zero-order valence-electron chi connectivity index (χ0n) is 10.2. The van der Waals surface area contributed by atoms with Gasteiger partial charge in [0, 0.05) is 0 Å². The van der Waals surface area contributed by atoms with Crippen LogP contribution in [0.4, 0.5) is 0 Å². The molecule has 1 atom stereocenters. The standard InChI is InChI=1S/C16H15NO/c17-12-16(10-13-7-9-18-11-13)8-3-5-14-4-1-2-6-15(14)16/h1-2,4,6-7,9,11H,3,5,8,10H2. The number of rotatable bonds is 2. The first kappa shape index (κ1) is 11.1. The highest BCUT2D eigenvalue weighted by atomic mass is 16.3. The Morgan fingerprint density at radius 3 is 2.94 bits per heavy atom. The van der Waals surface area contributed by atoms with E-state index in [2.05, 4.69) is 24.3 Å². The summed E-state index contributed by atoms with van der Waals surface area (Å²) in [5.74, 6) is 0. The van der Waals surface area contributed by atoms with Crippen LogP contribution >= 0.6 is 0 Å². The lowest BCUT2D eigenvalue weighted by Gasteiger charge is -2.33. The smallest absolute Gasteiger partial charge is 0.0935 e. The molecule has 1 aliphatic rings. The number of benzene rings is 1. The van der Waals surface area contributed by atoms with Crippen LogP contribution in [0.15, 0.2) is 47.3 Å². The molecule has 0 N–H and O–H groups in total. The van der Waals surface area contributed by atoms with E-state index in [1.165, 1.54) is 11.1 Å². The number of fused-ring (bicyclic) bond motifs is 1. The Kier molecular flexibility index (Phi) is 2.68. The van der Waals surface area contributed by atoms with E-state index in [9.17, 15) is 5.26 Å². The van der Waals surface area contributed by atoms with Crippen molar-refractivity contribution in [2.45, 2.75) is 31.1 Å². The Balaban J connectivity index is 2.05. The average Bonchev–Trinajstić information content (AvgIpc) is 2.92. The molecule has 0 fully saturated rings. The summed E-state index contributed by atoms with van der Waals surface area (Å²) >= 11 is 0. The van der Waals surface area contributed by atoms with Gasteiger partial charge in [0.1, 0.15) is 0 Å². The second-order valence-corrected chi connectivity index (χ2v) is 5.01. The molecule has 1 unspecified atom stereocenters. The van der Waals surface area contributed by atoms with Crippen LogP contribution in [0.1, 0.15) is 29.5 Å². The SMILES string of the molecule is N#CC1(Cc2ccoc2)CCCc2ccccc21. The van der Waals surface area contributed by atoms with E-state index in [0.29, 0.717) is 0 Å². The molecule has 0 bridgehead atoms. The lowest BCUT2D eigenvalue weighted by Crippen LogP contribution is -2.31. The molecule has 0 saturated carbocycles. The average molecular weight is 237 g/mol. The molecule has 1 aromatic carbocycles. The Bertz CT molecular complexity index is 579. The second kappa shape index (κ2) is 4.34. The minimum Gasteiger partial charge on any atom is -0.472 e. The molecular formula is C16H15NO. The first-order valence-electron chi connectivity index (χ1n) is 6.35. The highest BCUT2D eigenvalue weighted by Crippen LogP contribution is 2.39. The minimum atomic E-state index is -0.376. The molecule has 0 radical (unpaired) electrons. The highest BCUT2D eigenvalue weighted by Gasteiger charge is 2.36. The van der Waals surface area contributed by atoms with Crippen molar-refractivity contribution in [1.82, 2.24) is 0 Å². The molecule has 1 aliphatic carbocycles. The summed E-state index contributed by atoms with van der Waals surface area (Å²) in [6, 6.07) is 12.9. The minimum absolute atomic E-state index is 0.376. The van der Waals surface area contributed by atoms with Gasteiger partial charge in [-0.15, -0.1) is 0 Å². The third-order valence-electron chi connectivity index (χ3n) is 3.88. The Hall–Kier alpha value is -2.01. The van der Waals surface area contributed by atoms with Crippen molar-refractivity contribution >= 4 is 0 Å². The fourth-order valence-electron chi connectivity index (χ4n) is 3.00. The predicted octanol–water partition coefficient (Wildman–Crippen LogP) is 3.62. The molecule has 1 heterocycles. The fourth-order valence-corrected chi connectivity index (χ4v) is 3.00. The van der Waals surface area contributed by atoms with Crippen molar-refractivity contribution in [1.29, 1.82) is 5.26 Å². The molecule has 2 nitrogen and oxygen atoms in total. The highest BCUT2D eigenvalue weighted by molar-refractivity contribution is 5.43. The molecule has 0 amide bonds. The van der Waals surface area contributed by atoms with Crippen LogP contribution in [0.25, 0.3) is 0 Å². The summed E-state index contributed by atoms with van der Waals surface area (Å²) in [4.78, 5) is 0. The maximum Gasteiger partial charge on any atom is 0.0935 e. The van der Waals surface area contributed by atoms with E-state index < -0.39 is 0 Å². The maximum absolute atomic E-state index is 9.71. The van der Waals surface area contributed by atoms with Crippen LogP contribution in [-0.4, -0.2) is 0 Å². The van der Waals surface area contributed by atoms with Crippen LogP contribution < -0.4 is 0 Å². The van der Waals surface area contributed by atoms with Crippen molar-refractivity contribution in [3.8, 4) is 6.07 Å². The van der Waals surface area contributed by atoms with Gasteiger partial charge in [0.25, 0.3) is 0 Å². The number of nitriles is 1. The van der Waals surface area contributed by atoms with E-state index in [4.69, 9.17) is 4.42 Å². The van der Waals surface area contributed by atoms with Crippen molar-refractivity contribution in [3.05, 3.63) is 59.5 Å². The number of hydrogen-bond donors (Lipinski definition) is 0. The molecule has 0 aliphatic heterocycles. The summed E-state index contributed by atoms with van der Waals surface area (Å²) in [5, 5.41) is 9.71. The van der Waals surface area contributed by atoms with Crippen LogP contribution in [0.2, 0.25) is 0 Å². The fraction of sp³-hybridized carbons (Fsp3) is 0.312. The van der Waals surface area contributed by atoms with E-state index in [1.54, 1.807) is 12.5 Å². The molecule has 18 heavy (non-hydrogen) atoms. The number of furan rings is 1. The summed E-state index contributed by atoms with van der Waals surface area (Å²) < 4.78 is 5.12. The summed E-state index contributed by atoms with van der Waals surface area (Å²) in [7, 11) is 0. The van der Waals surface area contributed by atoms with Gasteiger partial charge >= 0.3 is 0 Å². The molecule has 0 saturated heterocycles. The van der Waals surface area contributed by atoms with Crippen molar-refractivity contribution in [3.63, 3.8) is 0 Å².